The monoisotopic (exact) mass is 319 g/mol. The summed E-state index contributed by atoms with van der Waals surface area (Å²) in [5.74, 6) is 0.664. The molecule has 0 bridgehead atoms. The fourth-order valence-electron chi connectivity index (χ4n) is 2.61. The van der Waals surface area contributed by atoms with Gasteiger partial charge in [0.1, 0.15) is 11.6 Å². The second-order valence-electron chi connectivity index (χ2n) is 5.49. The first-order chi connectivity index (χ1) is 10.6. The van der Waals surface area contributed by atoms with E-state index in [1.807, 2.05) is 6.92 Å². The molecular formula is C16H18FN3OS. The lowest BCUT2D eigenvalue weighted by Crippen LogP contribution is -2.15. The van der Waals surface area contributed by atoms with E-state index >= 15 is 0 Å². The number of aromatic nitrogens is 3. The van der Waals surface area contributed by atoms with Crippen LogP contribution in [0, 0.1) is 5.82 Å². The molecule has 1 aromatic carbocycles. The van der Waals surface area contributed by atoms with Crippen LogP contribution in [-0.4, -0.2) is 25.8 Å². The van der Waals surface area contributed by atoms with E-state index in [-0.39, 0.29) is 16.9 Å². The maximum atomic E-state index is 12.9. The average molecular weight is 319 g/mol. The normalized spacial score (nSPS) is 15.9. The molecule has 2 aromatic rings. The van der Waals surface area contributed by atoms with Crippen LogP contribution in [0.2, 0.25) is 0 Å². The van der Waals surface area contributed by atoms with Gasteiger partial charge in [0.2, 0.25) is 0 Å². The van der Waals surface area contributed by atoms with E-state index < -0.39 is 0 Å². The zero-order valence-electron chi connectivity index (χ0n) is 12.5. The van der Waals surface area contributed by atoms with Crippen molar-refractivity contribution in [2.75, 3.05) is 0 Å². The number of carbonyl (C=O) groups is 1. The van der Waals surface area contributed by atoms with Crippen molar-refractivity contribution in [3.63, 3.8) is 0 Å². The third kappa shape index (κ3) is 3.21. The molecule has 22 heavy (non-hydrogen) atoms. The number of thioether (sulfide) groups is 1. The lowest BCUT2D eigenvalue weighted by molar-refractivity contribution is 0.0994. The number of aryl methyl sites for hydroxylation is 1. The molecule has 1 unspecified atom stereocenters. The molecule has 0 amide bonds. The number of benzene rings is 1. The molecular weight excluding hydrogens is 301 g/mol. The van der Waals surface area contributed by atoms with E-state index in [0.29, 0.717) is 5.56 Å². The number of nitrogens with zero attached hydrogens (tertiary/aromatic N) is 3. The van der Waals surface area contributed by atoms with Gasteiger partial charge in [-0.25, -0.2) is 4.39 Å². The summed E-state index contributed by atoms with van der Waals surface area (Å²) in [5, 5.41) is 9.01. The Balaban J connectivity index is 1.74. The number of carbonyl (C=O) groups excluding carboxylic acids is 1. The lowest BCUT2D eigenvalue weighted by atomic mass is 10.1. The van der Waals surface area contributed by atoms with E-state index in [1.165, 1.54) is 42.4 Å². The van der Waals surface area contributed by atoms with Gasteiger partial charge in [-0.1, -0.05) is 18.2 Å². The molecule has 0 spiro atoms. The highest BCUT2D eigenvalue weighted by Gasteiger charge is 2.21. The van der Waals surface area contributed by atoms with Gasteiger partial charge >= 0.3 is 0 Å². The summed E-state index contributed by atoms with van der Waals surface area (Å²) in [6.45, 7) is 2.77. The Hall–Kier alpha value is -1.69. The molecule has 4 nitrogen and oxygen atoms in total. The second kappa shape index (κ2) is 6.60. The van der Waals surface area contributed by atoms with Crippen LogP contribution in [0.3, 0.4) is 0 Å². The summed E-state index contributed by atoms with van der Waals surface area (Å²) < 4.78 is 15.1. The van der Waals surface area contributed by atoms with Gasteiger partial charge in [0.25, 0.3) is 0 Å². The van der Waals surface area contributed by atoms with Gasteiger partial charge in [-0.3, -0.25) is 4.79 Å². The fraction of sp³-hybridized carbons (Fsp3) is 0.438. The van der Waals surface area contributed by atoms with Gasteiger partial charge in [0.05, 0.1) is 5.25 Å². The minimum Gasteiger partial charge on any atom is -0.306 e. The molecule has 1 aliphatic rings. The average Bonchev–Trinajstić information content (AvgIpc) is 2.75. The zero-order chi connectivity index (χ0) is 15.5. The molecule has 0 saturated heterocycles. The second-order valence-corrected chi connectivity index (χ2v) is 6.80. The molecule has 6 heteroatoms. The third-order valence-corrected chi connectivity index (χ3v) is 4.94. The standard InChI is InChI=1S/C16H18FN3OS/c1-11(15(21)12-6-8-13(17)9-7-12)22-16-19-18-14-5-3-2-4-10-20(14)16/h6-9,11H,2-5,10H2,1H3. The van der Waals surface area contributed by atoms with Gasteiger partial charge in [-0.05, 0) is 44.0 Å². The Kier molecular flexibility index (Phi) is 4.57. The minimum atomic E-state index is -0.334. The highest BCUT2D eigenvalue weighted by molar-refractivity contribution is 8.00. The van der Waals surface area contributed by atoms with E-state index in [1.54, 1.807) is 0 Å². The van der Waals surface area contributed by atoms with Crippen molar-refractivity contribution in [1.82, 2.24) is 14.8 Å². The maximum Gasteiger partial charge on any atom is 0.191 e. The van der Waals surface area contributed by atoms with Gasteiger partial charge in [-0.2, -0.15) is 0 Å². The number of hydrogen-bond donors (Lipinski definition) is 0. The number of Topliss-reactive ketones (excluding diaryl/α,β-unsaturated/α-hetero) is 1. The molecule has 1 atom stereocenters. The van der Waals surface area contributed by atoms with E-state index in [0.717, 1.165) is 36.8 Å². The van der Waals surface area contributed by atoms with Crippen molar-refractivity contribution in [2.45, 2.75) is 49.6 Å². The van der Waals surface area contributed by atoms with Gasteiger partial charge in [-0.15, -0.1) is 10.2 Å². The summed E-state index contributed by atoms with van der Waals surface area (Å²) in [6.07, 6.45) is 4.43. The van der Waals surface area contributed by atoms with Gasteiger partial charge in [0.15, 0.2) is 10.9 Å². The zero-order valence-corrected chi connectivity index (χ0v) is 13.3. The van der Waals surface area contributed by atoms with Crippen molar-refractivity contribution < 1.29 is 9.18 Å². The number of ketones is 1. The maximum absolute atomic E-state index is 12.9. The first-order valence-electron chi connectivity index (χ1n) is 7.53. The van der Waals surface area contributed by atoms with Crippen LogP contribution in [0.1, 0.15) is 42.4 Å². The van der Waals surface area contributed by atoms with Gasteiger partial charge < -0.3 is 4.57 Å². The summed E-state index contributed by atoms with van der Waals surface area (Å²) in [7, 11) is 0. The van der Waals surface area contributed by atoms with Crippen molar-refractivity contribution in [2.24, 2.45) is 0 Å². The summed E-state index contributed by atoms with van der Waals surface area (Å²) in [5.41, 5.74) is 0.525. The van der Waals surface area contributed by atoms with E-state index in [4.69, 9.17) is 0 Å². The highest BCUT2D eigenvalue weighted by Crippen LogP contribution is 2.27. The molecule has 0 saturated carbocycles. The molecule has 1 aliphatic heterocycles. The first-order valence-corrected chi connectivity index (χ1v) is 8.41. The lowest BCUT2D eigenvalue weighted by Gasteiger charge is -2.11. The summed E-state index contributed by atoms with van der Waals surface area (Å²) in [4.78, 5) is 12.4. The molecule has 116 valence electrons. The smallest absolute Gasteiger partial charge is 0.191 e. The Morgan fingerprint density at radius 2 is 2.00 bits per heavy atom. The molecule has 0 aliphatic carbocycles. The van der Waals surface area contributed by atoms with E-state index in [2.05, 4.69) is 14.8 Å². The van der Waals surface area contributed by atoms with Crippen LogP contribution >= 0.6 is 11.8 Å². The number of fused-ring (bicyclic) bond motifs is 1. The Bertz CT molecular complexity index is 669. The van der Waals surface area contributed by atoms with Crippen LogP contribution < -0.4 is 0 Å². The fourth-order valence-corrected chi connectivity index (χ4v) is 3.58. The van der Waals surface area contributed by atoms with Crippen molar-refractivity contribution in [1.29, 1.82) is 0 Å². The Morgan fingerprint density at radius 3 is 2.77 bits per heavy atom. The number of halogens is 1. The predicted molar refractivity (Wildman–Crippen MR) is 83.6 cm³/mol. The first kappa shape index (κ1) is 15.2. The van der Waals surface area contributed by atoms with Crippen LogP contribution in [0.15, 0.2) is 29.4 Å². The van der Waals surface area contributed by atoms with Crippen molar-refractivity contribution in [3.05, 3.63) is 41.5 Å². The summed E-state index contributed by atoms with van der Waals surface area (Å²) in [6, 6.07) is 5.68. The predicted octanol–water partition coefficient (Wildman–Crippen LogP) is 3.51. The van der Waals surface area contributed by atoms with E-state index in [9.17, 15) is 9.18 Å². The molecule has 0 fully saturated rings. The van der Waals surface area contributed by atoms with Gasteiger partial charge in [0, 0.05) is 18.5 Å². The third-order valence-electron chi connectivity index (χ3n) is 3.86. The van der Waals surface area contributed by atoms with Crippen molar-refractivity contribution in [3.8, 4) is 0 Å². The van der Waals surface area contributed by atoms with Crippen LogP contribution in [0.5, 0.6) is 0 Å². The molecule has 1 aromatic heterocycles. The largest absolute Gasteiger partial charge is 0.306 e. The van der Waals surface area contributed by atoms with Crippen LogP contribution in [0.4, 0.5) is 4.39 Å². The Morgan fingerprint density at radius 1 is 1.23 bits per heavy atom. The van der Waals surface area contributed by atoms with Crippen molar-refractivity contribution >= 4 is 17.5 Å². The molecule has 3 rings (SSSR count). The highest BCUT2D eigenvalue weighted by atomic mass is 32.2. The molecule has 2 heterocycles. The van der Waals surface area contributed by atoms with Crippen LogP contribution in [0.25, 0.3) is 0 Å². The topological polar surface area (TPSA) is 47.8 Å². The Labute approximate surface area is 133 Å². The SMILES string of the molecule is CC(Sc1nnc2n1CCCCC2)C(=O)c1ccc(F)cc1. The minimum absolute atomic E-state index is 0.0176. The molecule has 0 radical (unpaired) electrons. The summed E-state index contributed by atoms with van der Waals surface area (Å²) >= 11 is 1.43. The number of rotatable bonds is 4. The number of hydrogen-bond acceptors (Lipinski definition) is 4. The quantitative estimate of drug-likeness (QED) is 0.639. The molecule has 0 N–H and O–H groups in total. The van der Waals surface area contributed by atoms with Crippen LogP contribution in [-0.2, 0) is 13.0 Å².